The van der Waals surface area contributed by atoms with Gasteiger partial charge in [-0.1, -0.05) is 15.9 Å². The average Bonchev–Trinajstić information content (AvgIpc) is 2.21. The molecule has 16 heavy (non-hydrogen) atoms. The molecule has 8 heteroatoms. The van der Waals surface area contributed by atoms with E-state index >= 15 is 0 Å². The highest BCUT2D eigenvalue weighted by Crippen LogP contribution is 2.26. The summed E-state index contributed by atoms with van der Waals surface area (Å²) < 4.78 is 43.1. The second-order valence-electron chi connectivity index (χ2n) is 2.67. The number of hydrogen-bond donors (Lipinski definition) is 2. The fourth-order valence-corrected chi connectivity index (χ4v) is 1.16. The van der Waals surface area contributed by atoms with E-state index in [0.29, 0.717) is 4.47 Å². The van der Waals surface area contributed by atoms with Crippen LogP contribution in [0.5, 0.6) is 5.75 Å². The molecule has 0 aromatic heterocycles. The molecule has 0 radical (unpaired) electrons. The first-order chi connectivity index (χ1) is 7.36. The van der Waals surface area contributed by atoms with Crippen molar-refractivity contribution < 1.29 is 22.7 Å². The van der Waals surface area contributed by atoms with Crippen molar-refractivity contribution in [3.63, 3.8) is 0 Å². The molecule has 0 fully saturated rings. The molecule has 0 bridgehead atoms. The van der Waals surface area contributed by atoms with E-state index in [0.717, 1.165) is 12.1 Å². The third kappa shape index (κ3) is 2.86. The van der Waals surface area contributed by atoms with E-state index in [-0.39, 0.29) is 0 Å². The van der Waals surface area contributed by atoms with Crippen LogP contribution in [0.4, 0.5) is 13.2 Å². The fourth-order valence-electron chi connectivity index (χ4n) is 0.826. The number of carbonyl (C=O) groups excluding carboxylic acids is 1. The van der Waals surface area contributed by atoms with Crippen LogP contribution in [-0.2, 0) is 4.79 Å². The topological polar surface area (TPSA) is 64.3 Å². The molecule has 0 atom stereocenters. The molecule has 4 nitrogen and oxygen atoms in total. The molecule has 1 aromatic carbocycles. The molecule has 88 valence electrons. The molecule has 1 rings (SSSR count). The number of alkyl halides is 2. The lowest BCUT2D eigenvalue weighted by atomic mass is 10.3. The molecule has 1 amide bonds. The Hall–Kier alpha value is -1.28. The van der Waals surface area contributed by atoms with Crippen LogP contribution in [0, 0.1) is 5.82 Å². The van der Waals surface area contributed by atoms with Crippen molar-refractivity contribution in [3.05, 3.63) is 28.5 Å². The minimum Gasteiger partial charge on any atom is -0.422 e. The number of nitrogens with one attached hydrogen (secondary N) is 1. The number of carbonyl (C=O) groups is 1. The Labute approximate surface area is 96.7 Å². The van der Waals surface area contributed by atoms with Crippen molar-refractivity contribution in [2.24, 2.45) is 5.84 Å². The molecule has 0 saturated heterocycles. The molecule has 0 saturated carbocycles. The standard InChI is InChI=1S/C8H6BrF3N2O2/c9-4-1-2-6(5(10)3-4)16-8(11,12)7(15)14-13/h1-3H,13H2,(H,14,15). The highest BCUT2D eigenvalue weighted by molar-refractivity contribution is 9.10. The van der Waals surface area contributed by atoms with Gasteiger partial charge in [-0.2, -0.15) is 8.78 Å². The SMILES string of the molecule is NNC(=O)C(F)(F)Oc1ccc(Br)cc1F. The van der Waals surface area contributed by atoms with E-state index < -0.39 is 23.6 Å². The number of halogens is 4. The van der Waals surface area contributed by atoms with Gasteiger partial charge < -0.3 is 4.74 Å². The van der Waals surface area contributed by atoms with Crippen LogP contribution in [0.2, 0.25) is 0 Å². The van der Waals surface area contributed by atoms with E-state index in [1.165, 1.54) is 11.5 Å². The Morgan fingerprint density at radius 2 is 2.12 bits per heavy atom. The smallest absolute Gasteiger partial charge is 0.422 e. The summed E-state index contributed by atoms with van der Waals surface area (Å²) >= 11 is 2.94. The highest BCUT2D eigenvalue weighted by atomic mass is 79.9. The quantitative estimate of drug-likeness (QED) is 0.505. The van der Waals surface area contributed by atoms with Crippen molar-refractivity contribution in [1.82, 2.24) is 5.43 Å². The van der Waals surface area contributed by atoms with Crippen molar-refractivity contribution in [2.75, 3.05) is 0 Å². The number of benzene rings is 1. The first-order valence-electron chi connectivity index (χ1n) is 3.90. The molecular weight excluding hydrogens is 293 g/mol. The van der Waals surface area contributed by atoms with E-state index in [1.807, 2.05) is 0 Å². The van der Waals surface area contributed by atoms with E-state index in [1.54, 1.807) is 0 Å². The number of hydrazine groups is 1. The number of rotatable bonds is 3. The Morgan fingerprint density at radius 1 is 1.50 bits per heavy atom. The highest BCUT2D eigenvalue weighted by Gasteiger charge is 2.42. The second kappa shape index (κ2) is 4.71. The van der Waals surface area contributed by atoms with Crippen molar-refractivity contribution >= 4 is 21.8 Å². The molecule has 0 aliphatic heterocycles. The van der Waals surface area contributed by atoms with Crippen LogP contribution in [0.3, 0.4) is 0 Å². The van der Waals surface area contributed by atoms with Gasteiger partial charge in [0.05, 0.1) is 0 Å². The average molecular weight is 299 g/mol. The molecule has 0 heterocycles. The van der Waals surface area contributed by atoms with Gasteiger partial charge in [-0.15, -0.1) is 0 Å². The van der Waals surface area contributed by atoms with Gasteiger partial charge in [0, 0.05) is 4.47 Å². The maximum Gasteiger partial charge on any atom is 0.483 e. The molecule has 0 spiro atoms. The van der Waals surface area contributed by atoms with E-state index in [2.05, 4.69) is 26.5 Å². The summed E-state index contributed by atoms with van der Waals surface area (Å²) in [5, 5.41) is 0. The predicted molar refractivity (Wildman–Crippen MR) is 52.0 cm³/mol. The summed E-state index contributed by atoms with van der Waals surface area (Å²) in [7, 11) is 0. The van der Waals surface area contributed by atoms with Gasteiger partial charge in [0.1, 0.15) is 0 Å². The van der Waals surface area contributed by atoms with Crippen LogP contribution in [0.1, 0.15) is 0 Å². The number of ether oxygens (including phenoxy) is 1. The molecule has 0 aliphatic carbocycles. The van der Waals surface area contributed by atoms with Gasteiger partial charge in [-0.05, 0) is 18.2 Å². The van der Waals surface area contributed by atoms with Gasteiger partial charge in [0.2, 0.25) is 0 Å². The van der Waals surface area contributed by atoms with E-state index in [4.69, 9.17) is 0 Å². The Balaban J connectivity index is 2.92. The Bertz CT molecular complexity index is 414. The summed E-state index contributed by atoms with van der Waals surface area (Å²) in [6.07, 6.45) is -4.23. The first-order valence-corrected chi connectivity index (χ1v) is 4.69. The van der Waals surface area contributed by atoms with E-state index in [9.17, 15) is 18.0 Å². The predicted octanol–water partition coefficient (Wildman–Crippen LogP) is 1.55. The van der Waals surface area contributed by atoms with Gasteiger partial charge in [0.15, 0.2) is 11.6 Å². The summed E-state index contributed by atoms with van der Waals surface area (Å²) in [5.74, 6) is 0.865. The van der Waals surface area contributed by atoms with Crippen LogP contribution >= 0.6 is 15.9 Å². The lowest BCUT2D eigenvalue weighted by Gasteiger charge is -2.16. The van der Waals surface area contributed by atoms with Gasteiger partial charge in [0.25, 0.3) is 0 Å². The summed E-state index contributed by atoms with van der Waals surface area (Å²) in [4.78, 5) is 10.6. The Morgan fingerprint density at radius 3 is 2.62 bits per heavy atom. The zero-order chi connectivity index (χ0) is 12.3. The fraction of sp³-hybridized carbons (Fsp3) is 0.125. The third-order valence-electron chi connectivity index (χ3n) is 1.53. The molecule has 1 aromatic rings. The first kappa shape index (κ1) is 12.8. The maximum atomic E-state index is 13.1. The van der Waals surface area contributed by atoms with Crippen LogP contribution < -0.4 is 16.0 Å². The van der Waals surface area contributed by atoms with Crippen molar-refractivity contribution in [1.29, 1.82) is 0 Å². The van der Waals surface area contributed by atoms with Gasteiger partial charge in [-0.25, -0.2) is 10.2 Å². The minimum absolute atomic E-state index is 0.351. The summed E-state index contributed by atoms with van der Waals surface area (Å²) in [5.41, 5.74) is 1.21. The number of hydrogen-bond acceptors (Lipinski definition) is 3. The van der Waals surface area contributed by atoms with Gasteiger partial charge >= 0.3 is 12.0 Å². The summed E-state index contributed by atoms with van der Waals surface area (Å²) in [6, 6.07) is 3.16. The largest absolute Gasteiger partial charge is 0.483 e. The number of amides is 1. The lowest BCUT2D eigenvalue weighted by Crippen LogP contribution is -2.47. The van der Waals surface area contributed by atoms with Gasteiger partial charge in [-0.3, -0.25) is 10.2 Å². The van der Waals surface area contributed by atoms with Crippen molar-refractivity contribution in [2.45, 2.75) is 6.11 Å². The molecular formula is C8H6BrF3N2O2. The normalized spacial score (nSPS) is 11.1. The van der Waals surface area contributed by atoms with Crippen molar-refractivity contribution in [3.8, 4) is 5.75 Å². The molecule has 3 N–H and O–H groups in total. The second-order valence-corrected chi connectivity index (χ2v) is 3.58. The Kier molecular flexibility index (Phi) is 3.76. The molecule has 0 unspecified atom stereocenters. The number of nitrogens with two attached hydrogens (primary N) is 1. The molecule has 0 aliphatic rings. The monoisotopic (exact) mass is 298 g/mol. The van der Waals surface area contributed by atoms with Crippen LogP contribution in [-0.4, -0.2) is 12.0 Å². The van der Waals surface area contributed by atoms with Crippen LogP contribution in [0.15, 0.2) is 22.7 Å². The minimum atomic E-state index is -4.23. The maximum absolute atomic E-state index is 13.1. The lowest BCUT2D eigenvalue weighted by molar-refractivity contribution is -0.193. The zero-order valence-electron chi connectivity index (χ0n) is 7.64. The third-order valence-corrected chi connectivity index (χ3v) is 2.02. The zero-order valence-corrected chi connectivity index (χ0v) is 9.22. The van der Waals surface area contributed by atoms with Crippen LogP contribution in [0.25, 0.3) is 0 Å². The summed E-state index contributed by atoms with van der Waals surface area (Å²) in [6.45, 7) is 0.